The van der Waals surface area contributed by atoms with Crippen LogP contribution in [0.4, 0.5) is 0 Å². The molecule has 6 nitrogen and oxygen atoms in total. The predicted octanol–water partition coefficient (Wildman–Crippen LogP) is 3.41. The molecule has 0 aromatic carbocycles. The van der Waals surface area contributed by atoms with Gasteiger partial charge in [-0.1, -0.05) is 0 Å². The molecule has 3 rings (SSSR count). The number of ether oxygens (including phenoxy) is 1. The summed E-state index contributed by atoms with van der Waals surface area (Å²) in [5.74, 6) is 2.32. The summed E-state index contributed by atoms with van der Waals surface area (Å²) in [6, 6.07) is 1.99. The molecule has 0 aliphatic carbocycles. The van der Waals surface area contributed by atoms with Crippen molar-refractivity contribution in [2.24, 2.45) is 7.05 Å². The van der Waals surface area contributed by atoms with Gasteiger partial charge in [0.05, 0.1) is 30.3 Å². The van der Waals surface area contributed by atoms with Crippen molar-refractivity contribution in [3.05, 3.63) is 34.4 Å². The second-order valence-electron chi connectivity index (χ2n) is 6.91. The van der Waals surface area contributed by atoms with Crippen LogP contribution in [0, 0.1) is 20.8 Å². The maximum absolute atomic E-state index is 13.2. The summed E-state index contributed by atoms with van der Waals surface area (Å²) in [5.41, 5.74) is 2.93. The topological polar surface area (TPSA) is 60.5 Å². The minimum absolute atomic E-state index is 0.0203. The summed E-state index contributed by atoms with van der Waals surface area (Å²) in [7, 11) is 3.53. The highest BCUT2D eigenvalue weighted by Crippen LogP contribution is 2.40. The average molecular weight is 345 g/mol. The van der Waals surface area contributed by atoms with Gasteiger partial charge in [-0.3, -0.25) is 4.79 Å². The van der Waals surface area contributed by atoms with Crippen molar-refractivity contribution in [1.82, 2.24) is 14.7 Å². The number of carbonyl (C=O) groups is 1. The van der Waals surface area contributed by atoms with Crippen molar-refractivity contribution < 1.29 is 13.9 Å². The molecule has 1 saturated heterocycles. The molecule has 2 aromatic heterocycles. The number of aromatic nitrogens is 2. The average Bonchev–Trinajstić information content (AvgIpc) is 3.22. The molecule has 3 heterocycles. The Hall–Kier alpha value is -2.24. The maximum atomic E-state index is 13.2. The SMILES string of the molecule is COc1c([C@H]2CCCN2C(=O)[C@@H](C)c2cc(C)oc2C)c(C)nn1C. The summed E-state index contributed by atoms with van der Waals surface area (Å²) in [5, 5.41) is 4.48. The van der Waals surface area contributed by atoms with Gasteiger partial charge in [-0.2, -0.15) is 5.10 Å². The Morgan fingerprint density at radius 2 is 2.12 bits per heavy atom. The first-order valence-corrected chi connectivity index (χ1v) is 8.80. The van der Waals surface area contributed by atoms with Crippen LogP contribution in [0.1, 0.15) is 60.1 Å². The van der Waals surface area contributed by atoms with Crippen LogP contribution < -0.4 is 4.74 Å². The normalized spacial score (nSPS) is 18.6. The molecule has 0 N–H and O–H groups in total. The molecule has 1 amide bonds. The number of aryl methyl sites for hydroxylation is 4. The van der Waals surface area contributed by atoms with Crippen molar-refractivity contribution in [3.8, 4) is 5.88 Å². The van der Waals surface area contributed by atoms with Gasteiger partial charge in [0.2, 0.25) is 11.8 Å². The molecule has 1 aliphatic rings. The third-order valence-corrected chi connectivity index (χ3v) is 5.19. The Labute approximate surface area is 148 Å². The van der Waals surface area contributed by atoms with Crippen LogP contribution in [0.2, 0.25) is 0 Å². The van der Waals surface area contributed by atoms with Crippen LogP contribution in [-0.4, -0.2) is 34.2 Å². The molecule has 2 atom stereocenters. The molecule has 0 spiro atoms. The summed E-state index contributed by atoms with van der Waals surface area (Å²) in [6.07, 6.45) is 1.93. The molecular weight excluding hydrogens is 318 g/mol. The number of furan rings is 1. The summed E-state index contributed by atoms with van der Waals surface area (Å²) < 4.78 is 12.9. The lowest BCUT2D eigenvalue weighted by atomic mass is 9.98. The Morgan fingerprint density at radius 3 is 2.72 bits per heavy atom. The minimum Gasteiger partial charge on any atom is -0.481 e. The highest BCUT2D eigenvalue weighted by atomic mass is 16.5. The number of nitrogens with zero attached hydrogens (tertiary/aromatic N) is 3. The van der Waals surface area contributed by atoms with E-state index in [1.165, 1.54) is 0 Å². The van der Waals surface area contributed by atoms with Crippen molar-refractivity contribution in [3.63, 3.8) is 0 Å². The highest BCUT2D eigenvalue weighted by molar-refractivity contribution is 5.84. The second-order valence-corrected chi connectivity index (χ2v) is 6.91. The monoisotopic (exact) mass is 345 g/mol. The molecule has 1 fully saturated rings. The largest absolute Gasteiger partial charge is 0.481 e. The maximum Gasteiger partial charge on any atom is 0.230 e. The Kier molecular flexibility index (Phi) is 4.62. The van der Waals surface area contributed by atoms with E-state index in [1.807, 2.05) is 45.7 Å². The fraction of sp³-hybridized carbons (Fsp3) is 0.579. The van der Waals surface area contributed by atoms with Crippen LogP contribution in [0.3, 0.4) is 0 Å². The fourth-order valence-electron chi connectivity index (χ4n) is 4.07. The van der Waals surface area contributed by atoms with E-state index in [9.17, 15) is 4.79 Å². The molecule has 136 valence electrons. The number of methoxy groups -OCH3 is 1. The van der Waals surface area contributed by atoms with Crippen molar-refractivity contribution in [2.75, 3.05) is 13.7 Å². The molecule has 25 heavy (non-hydrogen) atoms. The standard InChI is InChI=1S/C19H27N3O3/c1-11-10-15(14(4)25-11)12(2)18(23)22-9-7-8-16(22)17-13(3)20-21(5)19(17)24-6/h10,12,16H,7-9H2,1-6H3/t12-,16+/m0/s1. The number of rotatable bonds is 4. The molecule has 0 saturated carbocycles. The Morgan fingerprint density at radius 1 is 1.40 bits per heavy atom. The lowest BCUT2D eigenvalue weighted by Gasteiger charge is -2.28. The highest BCUT2D eigenvalue weighted by Gasteiger charge is 2.37. The van der Waals surface area contributed by atoms with Crippen LogP contribution in [-0.2, 0) is 11.8 Å². The molecule has 6 heteroatoms. The lowest BCUT2D eigenvalue weighted by Crippen LogP contribution is -2.34. The number of amides is 1. The first kappa shape index (κ1) is 17.6. The number of likely N-dealkylation sites (tertiary alicyclic amines) is 1. The zero-order valence-electron chi connectivity index (χ0n) is 15.9. The summed E-state index contributed by atoms with van der Waals surface area (Å²) in [4.78, 5) is 15.2. The van der Waals surface area contributed by atoms with E-state index < -0.39 is 0 Å². The number of hydrogen-bond acceptors (Lipinski definition) is 4. The molecule has 0 bridgehead atoms. The van der Waals surface area contributed by atoms with Gasteiger partial charge in [0.1, 0.15) is 11.5 Å². The lowest BCUT2D eigenvalue weighted by molar-refractivity contribution is -0.133. The van der Waals surface area contributed by atoms with Crippen LogP contribution in [0.5, 0.6) is 5.88 Å². The van der Waals surface area contributed by atoms with Gasteiger partial charge in [0.15, 0.2) is 0 Å². The van der Waals surface area contributed by atoms with E-state index in [1.54, 1.807) is 11.8 Å². The summed E-state index contributed by atoms with van der Waals surface area (Å²) in [6.45, 7) is 8.54. The van der Waals surface area contributed by atoms with Crippen LogP contribution in [0.15, 0.2) is 10.5 Å². The Balaban J connectivity index is 1.92. The van der Waals surface area contributed by atoms with Gasteiger partial charge in [0.25, 0.3) is 0 Å². The van der Waals surface area contributed by atoms with Crippen molar-refractivity contribution >= 4 is 5.91 Å². The van der Waals surface area contributed by atoms with Gasteiger partial charge in [0, 0.05) is 19.2 Å². The zero-order chi connectivity index (χ0) is 18.3. The van der Waals surface area contributed by atoms with Crippen LogP contribution in [0.25, 0.3) is 0 Å². The van der Waals surface area contributed by atoms with E-state index in [0.29, 0.717) is 0 Å². The first-order chi connectivity index (χ1) is 11.8. The molecular formula is C19H27N3O3. The number of hydrogen-bond donors (Lipinski definition) is 0. The van der Waals surface area contributed by atoms with Crippen LogP contribution >= 0.6 is 0 Å². The third kappa shape index (κ3) is 2.94. The van der Waals surface area contributed by atoms with Gasteiger partial charge in [-0.25, -0.2) is 4.68 Å². The van der Waals surface area contributed by atoms with E-state index in [-0.39, 0.29) is 17.9 Å². The van der Waals surface area contributed by atoms with Crippen molar-refractivity contribution in [2.45, 2.75) is 52.5 Å². The van der Waals surface area contributed by atoms with E-state index in [4.69, 9.17) is 9.15 Å². The molecule has 0 unspecified atom stereocenters. The third-order valence-electron chi connectivity index (χ3n) is 5.19. The zero-order valence-corrected chi connectivity index (χ0v) is 15.9. The fourth-order valence-corrected chi connectivity index (χ4v) is 4.07. The van der Waals surface area contributed by atoms with Gasteiger partial charge in [-0.15, -0.1) is 0 Å². The number of carbonyl (C=O) groups excluding carboxylic acids is 1. The molecule has 0 radical (unpaired) electrons. The van der Waals surface area contributed by atoms with Gasteiger partial charge in [-0.05, 0) is 46.6 Å². The predicted molar refractivity (Wildman–Crippen MR) is 94.8 cm³/mol. The van der Waals surface area contributed by atoms with E-state index >= 15 is 0 Å². The quantitative estimate of drug-likeness (QED) is 0.852. The van der Waals surface area contributed by atoms with E-state index in [2.05, 4.69) is 5.10 Å². The second kappa shape index (κ2) is 6.58. The van der Waals surface area contributed by atoms with Gasteiger partial charge < -0.3 is 14.1 Å². The molecule has 1 aliphatic heterocycles. The van der Waals surface area contributed by atoms with E-state index in [0.717, 1.165) is 53.6 Å². The summed E-state index contributed by atoms with van der Waals surface area (Å²) >= 11 is 0. The molecule has 2 aromatic rings. The van der Waals surface area contributed by atoms with Gasteiger partial charge >= 0.3 is 0 Å². The first-order valence-electron chi connectivity index (χ1n) is 8.80. The Bertz CT molecular complexity index is 790. The minimum atomic E-state index is -0.221. The van der Waals surface area contributed by atoms with Crippen molar-refractivity contribution in [1.29, 1.82) is 0 Å². The smallest absolute Gasteiger partial charge is 0.230 e.